The molecule has 0 aliphatic rings. The van der Waals surface area contributed by atoms with E-state index >= 15 is 0 Å². The Bertz CT molecular complexity index is 595. The third-order valence-corrected chi connectivity index (χ3v) is 5.23. The third-order valence-electron chi connectivity index (χ3n) is 3.03. The van der Waals surface area contributed by atoms with Crippen molar-refractivity contribution in [3.8, 4) is 0 Å². The lowest BCUT2D eigenvalue weighted by Crippen LogP contribution is -2.12. The fraction of sp³-hybridized carbons (Fsp3) is 0.267. The van der Waals surface area contributed by atoms with Crippen molar-refractivity contribution in [2.24, 2.45) is 0 Å². The molecule has 1 N–H and O–H groups in total. The molecule has 1 heterocycles. The molecule has 19 heavy (non-hydrogen) atoms. The number of nitrogens with one attached hydrogen (secondary N) is 1. The van der Waals surface area contributed by atoms with Crippen LogP contribution in [0, 0.1) is 13.8 Å². The molecular weight excluding hydrogens is 322 g/mol. The molecule has 1 aromatic carbocycles. The number of amides is 1. The summed E-state index contributed by atoms with van der Waals surface area (Å²) in [5.41, 5.74) is 4.20. The SMILES string of the molecule is CCc1ccsc1C(=O)Nc1cc(C)c(Br)c(C)c1. The molecule has 0 unspecified atom stereocenters. The molecule has 1 amide bonds. The molecule has 2 aromatic rings. The van der Waals surface area contributed by atoms with E-state index in [-0.39, 0.29) is 5.91 Å². The van der Waals surface area contributed by atoms with E-state index in [1.54, 1.807) is 0 Å². The molecule has 0 radical (unpaired) electrons. The van der Waals surface area contributed by atoms with Crippen LogP contribution in [0.3, 0.4) is 0 Å². The summed E-state index contributed by atoms with van der Waals surface area (Å²) in [4.78, 5) is 13.1. The number of rotatable bonds is 3. The fourth-order valence-electron chi connectivity index (χ4n) is 2.02. The Kier molecular flexibility index (Phi) is 4.42. The number of benzene rings is 1. The molecule has 0 bridgehead atoms. The number of thiophene rings is 1. The van der Waals surface area contributed by atoms with E-state index in [2.05, 4.69) is 28.2 Å². The molecule has 4 heteroatoms. The predicted molar refractivity (Wildman–Crippen MR) is 85.3 cm³/mol. The Morgan fingerprint density at radius 2 is 1.95 bits per heavy atom. The lowest BCUT2D eigenvalue weighted by atomic mass is 10.1. The standard InChI is InChI=1S/C15H16BrNOS/c1-4-11-5-6-19-14(11)15(18)17-12-7-9(2)13(16)10(3)8-12/h5-8H,4H2,1-3H3,(H,17,18). The van der Waals surface area contributed by atoms with Gasteiger partial charge in [-0.05, 0) is 60.5 Å². The van der Waals surface area contributed by atoms with Gasteiger partial charge in [0, 0.05) is 10.2 Å². The lowest BCUT2D eigenvalue weighted by molar-refractivity contribution is 0.103. The van der Waals surface area contributed by atoms with Gasteiger partial charge in [-0.15, -0.1) is 11.3 Å². The maximum absolute atomic E-state index is 12.3. The second-order valence-electron chi connectivity index (χ2n) is 4.51. The van der Waals surface area contributed by atoms with Crippen LogP contribution in [0.5, 0.6) is 0 Å². The summed E-state index contributed by atoms with van der Waals surface area (Å²) < 4.78 is 1.09. The van der Waals surface area contributed by atoms with Gasteiger partial charge in [0.05, 0.1) is 4.88 Å². The van der Waals surface area contributed by atoms with Crippen LogP contribution in [0.1, 0.15) is 33.3 Å². The van der Waals surface area contributed by atoms with Gasteiger partial charge in [-0.3, -0.25) is 4.79 Å². The second-order valence-corrected chi connectivity index (χ2v) is 6.22. The summed E-state index contributed by atoms with van der Waals surface area (Å²) >= 11 is 5.02. The summed E-state index contributed by atoms with van der Waals surface area (Å²) in [5.74, 6) is -0.0204. The van der Waals surface area contributed by atoms with Crippen LogP contribution in [0.4, 0.5) is 5.69 Å². The van der Waals surface area contributed by atoms with Gasteiger partial charge in [0.15, 0.2) is 0 Å². The summed E-state index contributed by atoms with van der Waals surface area (Å²) in [6, 6.07) is 5.97. The largest absolute Gasteiger partial charge is 0.321 e. The van der Waals surface area contributed by atoms with Crippen LogP contribution in [-0.4, -0.2) is 5.91 Å². The minimum absolute atomic E-state index is 0.0204. The number of carbonyl (C=O) groups is 1. The molecule has 2 nitrogen and oxygen atoms in total. The normalized spacial score (nSPS) is 10.5. The molecule has 0 saturated carbocycles. The van der Waals surface area contributed by atoms with Crippen LogP contribution in [0.2, 0.25) is 0 Å². The number of anilines is 1. The lowest BCUT2D eigenvalue weighted by Gasteiger charge is -2.09. The highest BCUT2D eigenvalue weighted by Gasteiger charge is 2.13. The minimum Gasteiger partial charge on any atom is -0.321 e. The molecule has 0 aliphatic heterocycles. The number of hydrogen-bond donors (Lipinski definition) is 1. The smallest absolute Gasteiger partial charge is 0.266 e. The van der Waals surface area contributed by atoms with Crippen molar-refractivity contribution in [3.05, 3.63) is 49.6 Å². The van der Waals surface area contributed by atoms with E-state index in [0.717, 1.165) is 38.1 Å². The van der Waals surface area contributed by atoms with Crippen LogP contribution >= 0.6 is 27.3 Å². The van der Waals surface area contributed by atoms with E-state index in [9.17, 15) is 4.79 Å². The van der Waals surface area contributed by atoms with Crippen molar-refractivity contribution in [3.63, 3.8) is 0 Å². The van der Waals surface area contributed by atoms with Crippen molar-refractivity contribution < 1.29 is 4.79 Å². The quantitative estimate of drug-likeness (QED) is 0.844. The first-order chi connectivity index (χ1) is 9.02. The first kappa shape index (κ1) is 14.3. The Hall–Kier alpha value is -1.13. The minimum atomic E-state index is -0.0204. The van der Waals surface area contributed by atoms with E-state index in [1.807, 2.05) is 37.4 Å². The number of hydrogen-bond acceptors (Lipinski definition) is 2. The number of halogens is 1. The van der Waals surface area contributed by atoms with Crippen molar-refractivity contribution in [1.29, 1.82) is 0 Å². The maximum Gasteiger partial charge on any atom is 0.266 e. The molecule has 0 fully saturated rings. The van der Waals surface area contributed by atoms with Gasteiger partial charge in [-0.25, -0.2) is 0 Å². The van der Waals surface area contributed by atoms with Gasteiger partial charge >= 0.3 is 0 Å². The van der Waals surface area contributed by atoms with E-state index < -0.39 is 0 Å². The van der Waals surface area contributed by atoms with Gasteiger partial charge in [-0.2, -0.15) is 0 Å². The van der Waals surface area contributed by atoms with Gasteiger partial charge in [-0.1, -0.05) is 22.9 Å². The first-order valence-corrected chi connectivity index (χ1v) is 7.84. The molecule has 1 aromatic heterocycles. The van der Waals surface area contributed by atoms with Crippen molar-refractivity contribution in [2.45, 2.75) is 27.2 Å². The summed E-state index contributed by atoms with van der Waals surface area (Å²) in [7, 11) is 0. The topological polar surface area (TPSA) is 29.1 Å². The van der Waals surface area contributed by atoms with Crippen molar-refractivity contribution >= 4 is 38.9 Å². The molecular formula is C15H16BrNOS. The average Bonchev–Trinajstić information content (AvgIpc) is 2.84. The fourth-order valence-corrected chi connectivity index (χ4v) is 3.14. The van der Waals surface area contributed by atoms with Crippen molar-refractivity contribution in [1.82, 2.24) is 0 Å². The summed E-state index contributed by atoms with van der Waals surface area (Å²) in [6.45, 7) is 6.11. The van der Waals surface area contributed by atoms with Crippen LogP contribution in [0.25, 0.3) is 0 Å². The van der Waals surface area contributed by atoms with Crippen LogP contribution in [-0.2, 0) is 6.42 Å². The Morgan fingerprint density at radius 3 is 2.53 bits per heavy atom. The zero-order valence-corrected chi connectivity index (χ0v) is 13.6. The van der Waals surface area contributed by atoms with E-state index in [4.69, 9.17) is 0 Å². The zero-order valence-electron chi connectivity index (χ0n) is 11.2. The average molecular weight is 338 g/mol. The monoisotopic (exact) mass is 337 g/mol. The Labute approximate surface area is 126 Å². The molecule has 2 rings (SSSR count). The third kappa shape index (κ3) is 3.07. The highest BCUT2D eigenvalue weighted by atomic mass is 79.9. The van der Waals surface area contributed by atoms with E-state index in [1.165, 1.54) is 11.3 Å². The molecule has 0 spiro atoms. The Morgan fingerprint density at radius 1 is 1.32 bits per heavy atom. The first-order valence-electron chi connectivity index (χ1n) is 6.17. The van der Waals surface area contributed by atoms with Gasteiger partial charge in [0.2, 0.25) is 0 Å². The summed E-state index contributed by atoms with van der Waals surface area (Å²) in [6.07, 6.45) is 0.880. The van der Waals surface area contributed by atoms with E-state index in [0.29, 0.717) is 0 Å². The van der Waals surface area contributed by atoms with Gasteiger partial charge < -0.3 is 5.32 Å². The van der Waals surface area contributed by atoms with Crippen LogP contribution < -0.4 is 5.32 Å². The molecule has 0 atom stereocenters. The zero-order chi connectivity index (χ0) is 14.0. The Balaban J connectivity index is 2.24. The van der Waals surface area contributed by atoms with Gasteiger partial charge in [0.1, 0.15) is 0 Å². The van der Waals surface area contributed by atoms with Gasteiger partial charge in [0.25, 0.3) is 5.91 Å². The highest BCUT2D eigenvalue weighted by Crippen LogP contribution is 2.26. The maximum atomic E-state index is 12.3. The molecule has 0 saturated heterocycles. The second kappa shape index (κ2) is 5.88. The number of aryl methyl sites for hydroxylation is 3. The molecule has 0 aliphatic carbocycles. The summed E-state index contributed by atoms with van der Waals surface area (Å²) in [5, 5.41) is 4.94. The van der Waals surface area contributed by atoms with Crippen molar-refractivity contribution in [2.75, 3.05) is 5.32 Å². The van der Waals surface area contributed by atoms with Crippen LogP contribution in [0.15, 0.2) is 28.1 Å². The number of carbonyl (C=O) groups excluding carboxylic acids is 1. The highest BCUT2D eigenvalue weighted by molar-refractivity contribution is 9.10. The predicted octanol–water partition coefficient (Wildman–Crippen LogP) is 4.94. The molecule has 100 valence electrons.